The summed E-state index contributed by atoms with van der Waals surface area (Å²) in [7, 11) is 0. The zero-order valence-electron chi connectivity index (χ0n) is 8.87. The number of Topliss-reactive ketones (excluding diaryl/α,β-unsaturated/α-hetero) is 1. The van der Waals surface area contributed by atoms with Crippen LogP contribution >= 0.6 is 11.3 Å². The number of nitrogens with one attached hydrogen (secondary N) is 1. The summed E-state index contributed by atoms with van der Waals surface area (Å²) >= 11 is 1.55. The molecule has 0 aromatic carbocycles. The molecule has 1 aliphatic rings. The third-order valence-corrected chi connectivity index (χ3v) is 3.80. The van der Waals surface area contributed by atoms with Crippen molar-refractivity contribution in [1.82, 2.24) is 5.32 Å². The molecule has 0 saturated carbocycles. The second kappa shape index (κ2) is 5.42. The molecule has 82 valence electrons. The predicted molar refractivity (Wildman–Crippen MR) is 63.5 cm³/mol. The lowest BCUT2D eigenvalue weighted by Crippen LogP contribution is -2.30. The number of hydrogen-bond acceptors (Lipinski definition) is 3. The van der Waals surface area contributed by atoms with Gasteiger partial charge >= 0.3 is 0 Å². The van der Waals surface area contributed by atoms with Gasteiger partial charge in [0.15, 0.2) is 5.78 Å². The fourth-order valence-electron chi connectivity index (χ4n) is 2.04. The smallest absolute Gasteiger partial charge is 0.174 e. The normalized spacial score (nSPS) is 22.3. The second-order valence-corrected chi connectivity index (χ2v) is 5.05. The van der Waals surface area contributed by atoms with Gasteiger partial charge in [0.2, 0.25) is 0 Å². The van der Waals surface area contributed by atoms with Crippen LogP contribution < -0.4 is 5.32 Å². The number of ketones is 1. The first-order valence-corrected chi connectivity index (χ1v) is 6.54. The van der Waals surface area contributed by atoms with E-state index in [0.29, 0.717) is 18.2 Å². The summed E-state index contributed by atoms with van der Waals surface area (Å²) in [6, 6.07) is 4.27. The lowest BCUT2D eigenvalue weighted by Gasteiger charge is -2.13. The van der Waals surface area contributed by atoms with Gasteiger partial charge in [-0.3, -0.25) is 4.79 Å². The highest BCUT2D eigenvalue weighted by Gasteiger charge is 2.16. The van der Waals surface area contributed by atoms with Crippen LogP contribution in [0.15, 0.2) is 17.5 Å². The van der Waals surface area contributed by atoms with Gasteiger partial charge in [-0.25, -0.2) is 0 Å². The molecule has 1 N–H and O–H groups in total. The van der Waals surface area contributed by atoms with Gasteiger partial charge in [0.05, 0.1) is 4.88 Å². The van der Waals surface area contributed by atoms with Crippen molar-refractivity contribution in [3.8, 4) is 0 Å². The van der Waals surface area contributed by atoms with Crippen molar-refractivity contribution < 1.29 is 4.79 Å². The number of carbonyl (C=O) groups is 1. The van der Waals surface area contributed by atoms with Crippen LogP contribution in [0.3, 0.4) is 0 Å². The monoisotopic (exact) mass is 223 g/mol. The van der Waals surface area contributed by atoms with Crippen LogP contribution in [0.1, 0.15) is 41.8 Å². The van der Waals surface area contributed by atoms with Crippen molar-refractivity contribution in [2.45, 2.75) is 38.1 Å². The third-order valence-electron chi connectivity index (χ3n) is 2.89. The largest absolute Gasteiger partial charge is 0.314 e. The van der Waals surface area contributed by atoms with E-state index >= 15 is 0 Å². The molecule has 0 spiro atoms. The van der Waals surface area contributed by atoms with E-state index in [1.807, 2.05) is 17.5 Å². The van der Waals surface area contributed by atoms with Crippen LogP contribution in [0.2, 0.25) is 0 Å². The Bertz CT molecular complexity index is 299. The highest BCUT2D eigenvalue weighted by Crippen LogP contribution is 2.16. The summed E-state index contributed by atoms with van der Waals surface area (Å²) in [5, 5.41) is 5.42. The third kappa shape index (κ3) is 3.14. The molecule has 1 atom stereocenters. The van der Waals surface area contributed by atoms with E-state index in [0.717, 1.165) is 17.8 Å². The molecular weight excluding hydrogens is 206 g/mol. The minimum absolute atomic E-state index is 0.296. The first-order chi connectivity index (χ1) is 7.36. The molecule has 2 nitrogen and oxygen atoms in total. The Hall–Kier alpha value is -0.670. The number of hydrogen-bond donors (Lipinski definition) is 1. The fourth-order valence-corrected chi connectivity index (χ4v) is 2.71. The van der Waals surface area contributed by atoms with Crippen LogP contribution in [0.25, 0.3) is 0 Å². The molecule has 2 rings (SSSR count). The molecule has 1 aliphatic heterocycles. The minimum Gasteiger partial charge on any atom is -0.314 e. The molecule has 2 heterocycles. The van der Waals surface area contributed by atoms with Gasteiger partial charge in [-0.1, -0.05) is 18.9 Å². The molecule has 15 heavy (non-hydrogen) atoms. The Morgan fingerprint density at radius 1 is 1.47 bits per heavy atom. The Morgan fingerprint density at radius 2 is 2.40 bits per heavy atom. The van der Waals surface area contributed by atoms with Crippen LogP contribution in [0.5, 0.6) is 0 Å². The minimum atomic E-state index is 0.296. The zero-order chi connectivity index (χ0) is 10.5. The van der Waals surface area contributed by atoms with E-state index < -0.39 is 0 Å². The summed E-state index contributed by atoms with van der Waals surface area (Å²) in [6.07, 6.45) is 5.63. The van der Waals surface area contributed by atoms with Crippen molar-refractivity contribution in [3.63, 3.8) is 0 Å². The number of carbonyl (C=O) groups excluding carboxylic acids is 1. The van der Waals surface area contributed by atoms with Crippen molar-refractivity contribution in [3.05, 3.63) is 22.4 Å². The average Bonchev–Trinajstić information content (AvgIpc) is 2.65. The van der Waals surface area contributed by atoms with E-state index in [2.05, 4.69) is 5.32 Å². The van der Waals surface area contributed by atoms with Crippen LogP contribution in [-0.4, -0.2) is 18.4 Å². The molecule has 1 fully saturated rings. The fraction of sp³-hybridized carbons (Fsp3) is 0.583. The molecule has 0 amide bonds. The molecule has 0 aliphatic carbocycles. The van der Waals surface area contributed by atoms with Crippen LogP contribution in [0, 0.1) is 0 Å². The summed E-state index contributed by atoms with van der Waals surface area (Å²) in [5.74, 6) is 0.296. The quantitative estimate of drug-likeness (QED) is 0.798. The first kappa shape index (κ1) is 10.8. The van der Waals surface area contributed by atoms with Crippen LogP contribution in [-0.2, 0) is 0 Å². The molecule has 0 unspecified atom stereocenters. The first-order valence-electron chi connectivity index (χ1n) is 5.66. The maximum atomic E-state index is 11.9. The Labute approximate surface area is 94.7 Å². The van der Waals surface area contributed by atoms with Crippen LogP contribution in [0.4, 0.5) is 0 Å². The number of thiophene rings is 1. The molecule has 3 heteroatoms. The summed E-state index contributed by atoms with van der Waals surface area (Å²) < 4.78 is 0. The molecule has 1 saturated heterocycles. The van der Waals surface area contributed by atoms with Gasteiger partial charge in [-0.05, 0) is 30.8 Å². The highest BCUT2D eigenvalue weighted by atomic mass is 32.1. The Morgan fingerprint density at radius 3 is 3.20 bits per heavy atom. The van der Waals surface area contributed by atoms with E-state index in [1.165, 1.54) is 19.3 Å². The van der Waals surface area contributed by atoms with Gasteiger partial charge in [-0.2, -0.15) is 0 Å². The average molecular weight is 223 g/mol. The van der Waals surface area contributed by atoms with E-state index in [1.54, 1.807) is 11.3 Å². The van der Waals surface area contributed by atoms with E-state index in [9.17, 15) is 4.79 Å². The number of rotatable bonds is 3. The molecule has 1 aromatic rings. The highest BCUT2D eigenvalue weighted by molar-refractivity contribution is 7.12. The summed E-state index contributed by atoms with van der Waals surface area (Å²) in [6.45, 7) is 1.07. The maximum absolute atomic E-state index is 11.9. The van der Waals surface area contributed by atoms with E-state index in [-0.39, 0.29) is 0 Å². The van der Waals surface area contributed by atoms with Gasteiger partial charge in [-0.15, -0.1) is 11.3 Å². The van der Waals surface area contributed by atoms with Crippen molar-refractivity contribution in [2.24, 2.45) is 0 Å². The van der Waals surface area contributed by atoms with Gasteiger partial charge in [0.1, 0.15) is 0 Å². The molecule has 1 aromatic heterocycles. The van der Waals surface area contributed by atoms with Crippen molar-refractivity contribution in [1.29, 1.82) is 0 Å². The zero-order valence-corrected chi connectivity index (χ0v) is 9.69. The maximum Gasteiger partial charge on any atom is 0.174 e. The van der Waals surface area contributed by atoms with Crippen molar-refractivity contribution in [2.75, 3.05) is 6.54 Å². The van der Waals surface area contributed by atoms with Crippen molar-refractivity contribution >= 4 is 17.1 Å². The van der Waals surface area contributed by atoms with Gasteiger partial charge in [0, 0.05) is 12.5 Å². The Balaban J connectivity index is 1.87. The lowest BCUT2D eigenvalue weighted by molar-refractivity contribution is 0.0972. The molecular formula is C12H17NOS. The lowest BCUT2D eigenvalue weighted by atomic mass is 10.0. The molecule has 0 radical (unpaired) electrons. The topological polar surface area (TPSA) is 29.1 Å². The second-order valence-electron chi connectivity index (χ2n) is 4.10. The Kier molecular flexibility index (Phi) is 3.92. The SMILES string of the molecule is O=C(C[C@H]1CCCCCN1)c1cccs1. The summed E-state index contributed by atoms with van der Waals surface area (Å²) in [5.41, 5.74) is 0. The van der Waals surface area contributed by atoms with Gasteiger partial charge in [0.25, 0.3) is 0 Å². The standard InChI is InChI=1S/C12H17NOS/c14-11(12-6-4-8-15-12)9-10-5-2-1-3-7-13-10/h4,6,8,10,13H,1-3,5,7,9H2/t10-/m1/s1. The predicted octanol–water partition coefficient (Wildman–Crippen LogP) is 2.85. The molecule has 0 bridgehead atoms. The summed E-state index contributed by atoms with van der Waals surface area (Å²) in [4.78, 5) is 12.8. The van der Waals surface area contributed by atoms with E-state index in [4.69, 9.17) is 0 Å². The van der Waals surface area contributed by atoms with Gasteiger partial charge < -0.3 is 5.32 Å².